The molecule has 3 rings (SSSR count). The number of β-amino-alcohol motifs (C(OH)–C–C–N with tert-alkyl or cyclic N) is 1. The average Bonchev–Trinajstić information content (AvgIpc) is 2.73. The van der Waals surface area contributed by atoms with Gasteiger partial charge in [-0.1, -0.05) is 12.1 Å². The van der Waals surface area contributed by atoms with Crippen molar-refractivity contribution < 1.29 is 19.3 Å². The predicted molar refractivity (Wildman–Crippen MR) is 106 cm³/mol. The van der Waals surface area contributed by atoms with Crippen LogP contribution in [0.25, 0.3) is 0 Å². The Morgan fingerprint density at radius 2 is 1.56 bits per heavy atom. The Morgan fingerprint density at radius 1 is 0.889 bits per heavy atom. The molecule has 1 heterocycles. The molecule has 0 saturated carbocycles. The minimum Gasteiger partial charge on any atom is -0.497 e. The van der Waals surface area contributed by atoms with Crippen molar-refractivity contribution in [2.75, 3.05) is 58.5 Å². The molecule has 2 aromatic carbocycles. The molecule has 1 fully saturated rings. The molecule has 6 nitrogen and oxygen atoms in total. The highest BCUT2D eigenvalue weighted by Crippen LogP contribution is 2.28. The summed E-state index contributed by atoms with van der Waals surface area (Å²) in [6.45, 7) is 4.50. The molecular weight excluding hydrogens is 344 g/mol. The molecular formula is C21H28N2O4. The van der Waals surface area contributed by atoms with E-state index in [-0.39, 0.29) is 6.61 Å². The van der Waals surface area contributed by atoms with Crippen LogP contribution < -0.4 is 19.1 Å². The number of benzene rings is 2. The normalized spacial score (nSPS) is 16.0. The summed E-state index contributed by atoms with van der Waals surface area (Å²) in [5.41, 5.74) is 1.13. The first-order chi connectivity index (χ1) is 13.2. The zero-order valence-electron chi connectivity index (χ0n) is 16.0. The van der Waals surface area contributed by atoms with Gasteiger partial charge < -0.3 is 24.2 Å². The van der Waals surface area contributed by atoms with Gasteiger partial charge in [0.2, 0.25) is 0 Å². The summed E-state index contributed by atoms with van der Waals surface area (Å²) in [4.78, 5) is 4.60. The van der Waals surface area contributed by atoms with Crippen LogP contribution in [0.2, 0.25) is 0 Å². The fourth-order valence-corrected chi connectivity index (χ4v) is 3.28. The molecule has 0 bridgehead atoms. The van der Waals surface area contributed by atoms with Crippen molar-refractivity contribution in [3.63, 3.8) is 0 Å². The summed E-state index contributed by atoms with van der Waals surface area (Å²) in [6.07, 6.45) is -0.523. The van der Waals surface area contributed by atoms with Crippen LogP contribution in [-0.4, -0.2) is 69.7 Å². The number of piperazine rings is 1. The fraction of sp³-hybridized carbons (Fsp3) is 0.429. The van der Waals surface area contributed by atoms with Gasteiger partial charge in [-0.05, 0) is 36.4 Å². The van der Waals surface area contributed by atoms with Crippen molar-refractivity contribution in [3.05, 3.63) is 48.5 Å². The smallest absolute Gasteiger partial charge is 0.142 e. The summed E-state index contributed by atoms with van der Waals surface area (Å²) >= 11 is 0. The van der Waals surface area contributed by atoms with Gasteiger partial charge in [-0.2, -0.15) is 0 Å². The molecule has 0 spiro atoms. The maximum absolute atomic E-state index is 10.3. The number of rotatable bonds is 8. The van der Waals surface area contributed by atoms with Crippen LogP contribution in [0, 0.1) is 0 Å². The van der Waals surface area contributed by atoms with E-state index in [1.165, 1.54) is 0 Å². The van der Waals surface area contributed by atoms with E-state index in [1.807, 2.05) is 42.5 Å². The average molecular weight is 372 g/mol. The number of hydrogen-bond donors (Lipinski definition) is 1. The predicted octanol–water partition coefficient (Wildman–Crippen LogP) is 2.27. The highest BCUT2D eigenvalue weighted by molar-refractivity contribution is 5.58. The Balaban J connectivity index is 1.43. The lowest BCUT2D eigenvalue weighted by molar-refractivity contribution is 0.0662. The standard InChI is InChI=1S/C21H28N2O4/c1-25-18-7-9-19(10-8-18)27-16-17(24)15-22-11-13-23(14-12-22)20-5-3-4-6-21(20)26-2/h3-10,17,24H,11-16H2,1-2H3/t17-/m1/s1. The van der Waals surface area contributed by atoms with E-state index in [0.29, 0.717) is 6.54 Å². The SMILES string of the molecule is COc1ccc(OC[C@H](O)CN2CCN(c3ccccc3OC)CC2)cc1. The molecule has 0 unspecified atom stereocenters. The van der Waals surface area contributed by atoms with Crippen molar-refractivity contribution in [2.24, 2.45) is 0 Å². The summed E-state index contributed by atoms with van der Waals surface area (Å²) < 4.78 is 16.3. The zero-order valence-corrected chi connectivity index (χ0v) is 16.0. The highest BCUT2D eigenvalue weighted by atomic mass is 16.5. The topological polar surface area (TPSA) is 54.4 Å². The Bertz CT molecular complexity index is 700. The zero-order chi connectivity index (χ0) is 19.1. The number of aliphatic hydroxyl groups excluding tert-OH is 1. The van der Waals surface area contributed by atoms with Crippen molar-refractivity contribution in [1.29, 1.82) is 0 Å². The van der Waals surface area contributed by atoms with Gasteiger partial charge in [0.1, 0.15) is 30.0 Å². The van der Waals surface area contributed by atoms with Gasteiger partial charge in [-0.25, -0.2) is 0 Å². The second-order valence-electron chi connectivity index (χ2n) is 6.60. The largest absolute Gasteiger partial charge is 0.497 e. The molecule has 146 valence electrons. The van der Waals surface area contributed by atoms with Gasteiger partial charge in [0.05, 0.1) is 19.9 Å². The summed E-state index contributed by atoms with van der Waals surface area (Å²) in [5, 5.41) is 10.3. The van der Waals surface area contributed by atoms with Gasteiger partial charge in [0, 0.05) is 32.7 Å². The van der Waals surface area contributed by atoms with Gasteiger partial charge in [0.15, 0.2) is 0 Å². The van der Waals surface area contributed by atoms with Gasteiger partial charge >= 0.3 is 0 Å². The van der Waals surface area contributed by atoms with Crippen LogP contribution in [0.1, 0.15) is 0 Å². The van der Waals surface area contributed by atoms with Crippen LogP contribution >= 0.6 is 0 Å². The lowest BCUT2D eigenvalue weighted by Crippen LogP contribution is -2.49. The maximum Gasteiger partial charge on any atom is 0.142 e. The molecule has 1 aliphatic heterocycles. The number of anilines is 1. The maximum atomic E-state index is 10.3. The third kappa shape index (κ3) is 5.28. The second kappa shape index (κ2) is 9.48. The Labute approximate surface area is 160 Å². The molecule has 0 amide bonds. The number of para-hydroxylation sites is 2. The third-order valence-electron chi connectivity index (χ3n) is 4.77. The quantitative estimate of drug-likeness (QED) is 0.767. The number of hydrogen-bond acceptors (Lipinski definition) is 6. The summed E-state index contributed by atoms with van der Waals surface area (Å²) in [6, 6.07) is 15.5. The first-order valence-electron chi connectivity index (χ1n) is 9.25. The van der Waals surface area contributed by atoms with Gasteiger partial charge in [-0.3, -0.25) is 4.90 Å². The minimum atomic E-state index is -0.523. The Morgan fingerprint density at radius 3 is 2.22 bits per heavy atom. The van der Waals surface area contributed by atoms with Crippen LogP contribution in [0.5, 0.6) is 17.2 Å². The van der Waals surface area contributed by atoms with Crippen LogP contribution in [0.4, 0.5) is 5.69 Å². The molecule has 27 heavy (non-hydrogen) atoms. The van der Waals surface area contributed by atoms with Crippen LogP contribution in [0.15, 0.2) is 48.5 Å². The Hall–Kier alpha value is -2.44. The number of aliphatic hydroxyl groups is 1. The van der Waals surface area contributed by atoms with Gasteiger partial charge in [-0.15, -0.1) is 0 Å². The number of nitrogens with zero attached hydrogens (tertiary/aromatic N) is 2. The van der Waals surface area contributed by atoms with E-state index in [4.69, 9.17) is 14.2 Å². The fourth-order valence-electron chi connectivity index (χ4n) is 3.28. The van der Waals surface area contributed by atoms with E-state index in [1.54, 1.807) is 14.2 Å². The molecule has 0 radical (unpaired) electrons. The van der Waals surface area contributed by atoms with Gasteiger partial charge in [0.25, 0.3) is 0 Å². The monoisotopic (exact) mass is 372 g/mol. The van der Waals surface area contributed by atoms with Crippen molar-refractivity contribution in [2.45, 2.75) is 6.10 Å². The summed E-state index contributed by atoms with van der Waals surface area (Å²) in [7, 11) is 3.33. The molecule has 1 aliphatic rings. The second-order valence-corrected chi connectivity index (χ2v) is 6.60. The van der Waals surface area contributed by atoms with Crippen LogP contribution in [-0.2, 0) is 0 Å². The lowest BCUT2D eigenvalue weighted by Gasteiger charge is -2.37. The molecule has 2 aromatic rings. The molecule has 6 heteroatoms. The highest BCUT2D eigenvalue weighted by Gasteiger charge is 2.21. The minimum absolute atomic E-state index is 0.277. The van der Waals surface area contributed by atoms with E-state index in [2.05, 4.69) is 15.9 Å². The molecule has 0 aliphatic carbocycles. The van der Waals surface area contributed by atoms with Crippen molar-refractivity contribution >= 4 is 5.69 Å². The van der Waals surface area contributed by atoms with Crippen molar-refractivity contribution in [1.82, 2.24) is 4.90 Å². The Kier molecular flexibility index (Phi) is 6.79. The first kappa shape index (κ1) is 19.3. The molecule has 1 saturated heterocycles. The summed E-state index contributed by atoms with van der Waals surface area (Å²) in [5.74, 6) is 2.42. The van der Waals surface area contributed by atoms with E-state index in [9.17, 15) is 5.11 Å². The molecule has 1 atom stereocenters. The van der Waals surface area contributed by atoms with E-state index in [0.717, 1.165) is 49.1 Å². The number of ether oxygens (including phenoxy) is 3. The molecule has 1 N–H and O–H groups in total. The lowest BCUT2D eigenvalue weighted by atomic mass is 10.2. The van der Waals surface area contributed by atoms with Crippen molar-refractivity contribution in [3.8, 4) is 17.2 Å². The molecule has 0 aromatic heterocycles. The van der Waals surface area contributed by atoms with Crippen LogP contribution in [0.3, 0.4) is 0 Å². The van der Waals surface area contributed by atoms with E-state index < -0.39 is 6.10 Å². The first-order valence-corrected chi connectivity index (χ1v) is 9.25. The third-order valence-corrected chi connectivity index (χ3v) is 4.77. The van der Waals surface area contributed by atoms with E-state index >= 15 is 0 Å². The number of methoxy groups -OCH3 is 2.